The van der Waals surface area contributed by atoms with Crippen molar-refractivity contribution in [3.63, 3.8) is 0 Å². The number of carboxylic acid groups (broad SMARTS) is 2. The Morgan fingerprint density at radius 3 is 1.29 bits per heavy atom. The zero-order chi connectivity index (χ0) is 12.6. The van der Waals surface area contributed by atoms with Crippen LogP contribution >= 0.6 is 0 Å². The zero-order valence-electron chi connectivity index (χ0n) is 8.17. The van der Waals surface area contributed by atoms with E-state index in [1.807, 2.05) is 0 Å². The molecule has 0 rings (SSSR count). The molecule has 0 aromatic rings. The molecule has 0 aliphatic rings. The first-order valence-electron chi connectivity index (χ1n) is 4.29. The third-order valence-corrected chi connectivity index (χ3v) is 1.41. The van der Waals surface area contributed by atoms with E-state index in [4.69, 9.17) is 10.2 Å². The van der Waals surface area contributed by atoms with Crippen LogP contribution in [-0.4, -0.2) is 64.0 Å². The van der Waals surface area contributed by atoms with E-state index < -0.39 is 24.2 Å². The van der Waals surface area contributed by atoms with Gasteiger partial charge in [0.2, 0.25) is 0 Å². The molecular formula is C8H11NaO8. The van der Waals surface area contributed by atoms with Crippen LogP contribution in [0.2, 0.25) is 0 Å². The summed E-state index contributed by atoms with van der Waals surface area (Å²) in [6.07, 6.45) is -3.27. The summed E-state index contributed by atoms with van der Waals surface area (Å²) in [7, 11) is 0. The number of rotatable bonds is 5. The molecule has 0 aromatic carbocycles. The third kappa shape index (κ3) is 12.8. The van der Waals surface area contributed by atoms with Crippen LogP contribution in [-0.2, 0) is 19.1 Å². The molecule has 0 atom stereocenters. The van der Waals surface area contributed by atoms with Crippen molar-refractivity contribution in [2.45, 2.75) is 25.7 Å². The number of ether oxygens (including phenoxy) is 2. The molecule has 0 radical (unpaired) electrons. The summed E-state index contributed by atoms with van der Waals surface area (Å²) in [5.41, 5.74) is 0. The molecule has 17 heavy (non-hydrogen) atoms. The third-order valence-electron chi connectivity index (χ3n) is 1.41. The average molecular weight is 258 g/mol. The van der Waals surface area contributed by atoms with Crippen LogP contribution in [0.1, 0.15) is 25.7 Å². The molecule has 0 unspecified atom stereocenters. The molecule has 92 valence electrons. The normalized spacial score (nSPS) is 8.71. The summed E-state index contributed by atoms with van der Waals surface area (Å²) in [6.45, 7) is 0. The van der Waals surface area contributed by atoms with Crippen LogP contribution in [0.15, 0.2) is 0 Å². The molecule has 8 nitrogen and oxygen atoms in total. The minimum atomic E-state index is -1.68. The summed E-state index contributed by atoms with van der Waals surface area (Å²) in [5.74, 6) is -1.83. The van der Waals surface area contributed by atoms with Gasteiger partial charge < -0.3 is 19.7 Å². The number of hydrogen-bond acceptors (Lipinski definition) is 6. The van der Waals surface area contributed by atoms with Crippen molar-refractivity contribution in [2.24, 2.45) is 0 Å². The quantitative estimate of drug-likeness (QED) is 0.312. The van der Waals surface area contributed by atoms with Gasteiger partial charge in [0.05, 0.1) is 0 Å². The molecule has 2 N–H and O–H groups in total. The Morgan fingerprint density at radius 1 is 0.765 bits per heavy atom. The number of hydrogen-bond donors (Lipinski definition) is 2. The predicted octanol–water partition coefficient (Wildman–Crippen LogP) is 0.341. The molecule has 0 aliphatic heterocycles. The molecule has 9 heteroatoms. The van der Waals surface area contributed by atoms with E-state index in [9.17, 15) is 19.2 Å². The molecule has 0 heterocycles. The Morgan fingerprint density at radius 2 is 1.06 bits per heavy atom. The summed E-state index contributed by atoms with van der Waals surface area (Å²) >= 11 is 0. The van der Waals surface area contributed by atoms with Crippen molar-refractivity contribution in [1.82, 2.24) is 0 Å². The van der Waals surface area contributed by atoms with Crippen molar-refractivity contribution in [2.75, 3.05) is 0 Å². The van der Waals surface area contributed by atoms with Crippen molar-refractivity contribution in [3.05, 3.63) is 0 Å². The SMILES string of the molecule is O=C(O)OC(=O)CCCCC(=O)OC(=O)O.[NaH]. The summed E-state index contributed by atoms with van der Waals surface area (Å²) in [6, 6.07) is 0. The second kappa shape index (κ2) is 10.1. The molecule has 0 aromatic heterocycles. The van der Waals surface area contributed by atoms with Crippen LogP contribution in [0.4, 0.5) is 9.59 Å². The van der Waals surface area contributed by atoms with Gasteiger partial charge in [-0.25, -0.2) is 9.59 Å². The van der Waals surface area contributed by atoms with Crippen molar-refractivity contribution in [1.29, 1.82) is 0 Å². The van der Waals surface area contributed by atoms with Gasteiger partial charge in [-0.05, 0) is 12.8 Å². The molecule has 0 bridgehead atoms. The van der Waals surface area contributed by atoms with Crippen molar-refractivity contribution >= 4 is 53.8 Å². The van der Waals surface area contributed by atoms with Crippen LogP contribution in [0.25, 0.3) is 0 Å². The molecule has 0 amide bonds. The number of carbonyl (C=O) groups is 4. The van der Waals surface area contributed by atoms with Crippen LogP contribution in [0, 0.1) is 0 Å². The van der Waals surface area contributed by atoms with Crippen molar-refractivity contribution in [3.8, 4) is 0 Å². The first kappa shape index (κ1) is 18.3. The second-order valence-corrected chi connectivity index (χ2v) is 2.69. The summed E-state index contributed by atoms with van der Waals surface area (Å²) < 4.78 is 7.58. The fraction of sp³-hybridized carbons (Fsp3) is 0.500. The molecule has 0 fully saturated rings. The zero-order valence-corrected chi connectivity index (χ0v) is 8.17. The van der Waals surface area contributed by atoms with Crippen LogP contribution < -0.4 is 0 Å². The maximum absolute atomic E-state index is 10.7. The first-order chi connectivity index (χ1) is 7.41. The summed E-state index contributed by atoms with van der Waals surface area (Å²) in [5, 5.41) is 16.1. The van der Waals surface area contributed by atoms with Gasteiger partial charge in [0.25, 0.3) is 0 Å². The standard InChI is InChI=1S/C8H10O8.Na.H/c9-5(15-7(11)12)3-1-2-4-6(10)16-8(13)14;;/h1-4H2,(H,11,12)(H,13,14);;. The van der Waals surface area contributed by atoms with Gasteiger partial charge in [-0.2, -0.15) is 0 Å². The van der Waals surface area contributed by atoms with E-state index in [0.29, 0.717) is 0 Å². The Balaban J connectivity index is 0. The van der Waals surface area contributed by atoms with E-state index in [1.54, 1.807) is 0 Å². The van der Waals surface area contributed by atoms with Gasteiger partial charge in [0.15, 0.2) is 0 Å². The Kier molecular flexibility index (Phi) is 10.8. The monoisotopic (exact) mass is 258 g/mol. The Labute approximate surface area is 118 Å². The van der Waals surface area contributed by atoms with E-state index in [2.05, 4.69) is 9.47 Å². The van der Waals surface area contributed by atoms with E-state index >= 15 is 0 Å². The molecule has 0 aliphatic carbocycles. The number of carbonyl (C=O) groups excluding carboxylic acids is 2. The average Bonchev–Trinajstić information content (AvgIpc) is 2.10. The van der Waals surface area contributed by atoms with Crippen LogP contribution in [0.5, 0.6) is 0 Å². The fourth-order valence-electron chi connectivity index (χ4n) is 0.836. The van der Waals surface area contributed by atoms with Gasteiger partial charge in [0, 0.05) is 12.8 Å². The predicted molar refractivity (Wildman–Crippen MR) is 53.9 cm³/mol. The van der Waals surface area contributed by atoms with E-state index in [0.717, 1.165) is 0 Å². The molecular weight excluding hydrogens is 247 g/mol. The second-order valence-electron chi connectivity index (χ2n) is 2.69. The summed E-state index contributed by atoms with van der Waals surface area (Å²) in [4.78, 5) is 41.1. The maximum atomic E-state index is 10.7. The van der Waals surface area contributed by atoms with Gasteiger partial charge in [-0.1, -0.05) is 0 Å². The van der Waals surface area contributed by atoms with Crippen LogP contribution in [0.3, 0.4) is 0 Å². The van der Waals surface area contributed by atoms with Crippen molar-refractivity contribution < 1.29 is 38.9 Å². The van der Waals surface area contributed by atoms with E-state index in [1.165, 1.54) is 0 Å². The number of unbranched alkanes of at least 4 members (excludes halogenated alkanes) is 1. The molecule has 0 spiro atoms. The number of esters is 2. The molecule has 0 saturated carbocycles. The Hall–Kier alpha value is -1.12. The minimum absolute atomic E-state index is 0. The van der Waals surface area contributed by atoms with Gasteiger partial charge in [-0.15, -0.1) is 0 Å². The molecule has 0 saturated heterocycles. The van der Waals surface area contributed by atoms with E-state index in [-0.39, 0.29) is 55.2 Å². The Bertz CT molecular complexity index is 270. The topological polar surface area (TPSA) is 127 Å². The first-order valence-corrected chi connectivity index (χ1v) is 4.29. The van der Waals surface area contributed by atoms with Gasteiger partial charge in [0.1, 0.15) is 0 Å². The van der Waals surface area contributed by atoms with Gasteiger partial charge >= 0.3 is 53.8 Å². The van der Waals surface area contributed by atoms with Gasteiger partial charge in [-0.3, -0.25) is 9.59 Å². The fourth-order valence-corrected chi connectivity index (χ4v) is 0.836.